The van der Waals surface area contributed by atoms with Crippen molar-refractivity contribution in [2.24, 2.45) is 11.8 Å². The molecule has 154 valence electrons. The van der Waals surface area contributed by atoms with E-state index in [9.17, 15) is 13.6 Å². The largest absolute Gasteiger partial charge is 0.317 e. The standard InChI is InChI=1S/C20H24F2N6O/c1-12(2)13-4-6-14(7-5-13)28-11-16(18(26-28)19(21)22)24-20(29)15-10-17-23-8-3-9-27(17)25-15/h3,8-14,19H,4-7H2,1-2H3,(H,24,29)/t13-,14-. The van der Waals surface area contributed by atoms with Gasteiger partial charge in [0, 0.05) is 24.7 Å². The maximum Gasteiger partial charge on any atom is 0.284 e. The van der Waals surface area contributed by atoms with Gasteiger partial charge in [-0.15, -0.1) is 0 Å². The summed E-state index contributed by atoms with van der Waals surface area (Å²) in [5.74, 6) is 0.722. The minimum atomic E-state index is -2.78. The van der Waals surface area contributed by atoms with Crippen LogP contribution in [0.4, 0.5) is 14.5 Å². The zero-order chi connectivity index (χ0) is 20.5. The highest BCUT2D eigenvalue weighted by atomic mass is 19.3. The van der Waals surface area contributed by atoms with Crippen molar-refractivity contribution in [1.82, 2.24) is 24.4 Å². The summed E-state index contributed by atoms with van der Waals surface area (Å²) in [6.07, 6.45) is 5.91. The number of carbonyl (C=O) groups is 1. The number of hydrogen-bond donors (Lipinski definition) is 1. The molecule has 0 spiro atoms. The van der Waals surface area contributed by atoms with Crippen LogP contribution in [-0.2, 0) is 0 Å². The minimum Gasteiger partial charge on any atom is -0.317 e. The summed E-state index contributed by atoms with van der Waals surface area (Å²) >= 11 is 0. The van der Waals surface area contributed by atoms with Gasteiger partial charge in [0.05, 0.1) is 11.7 Å². The number of anilines is 1. The van der Waals surface area contributed by atoms with Crippen LogP contribution < -0.4 is 5.32 Å². The summed E-state index contributed by atoms with van der Waals surface area (Å²) in [5.41, 5.74) is 0.227. The van der Waals surface area contributed by atoms with Gasteiger partial charge in [-0.05, 0) is 43.6 Å². The predicted molar refractivity (Wildman–Crippen MR) is 104 cm³/mol. The van der Waals surface area contributed by atoms with Crippen LogP contribution in [0.2, 0.25) is 0 Å². The van der Waals surface area contributed by atoms with Gasteiger partial charge in [-0.25, -0.2) is 18.3 Å². The summed E-state index contributed by atoms with van der Waals surface area (Å²) in [4.78, 5) is 16.7. The highest BCUT2D eigenvalue weighted by molar-refractivity contribution is 6.03. The van der Waals surface area contributed by atoms with E-state index in [1.165, 1.54) is 16.8 Å². The molecule has 0 unspecified atom stereocenters. The Hall–Kier alpha value is -2.84. The first kappa shape index (κ1) is 19.5. The lowest BCUT2D eigenvalue weighted by atomic mass is 9.80. The third kappa shape index (κ3) is 3.99. The molecule has 3 heterocycles. The van der Waals surface area contributed by atoms with E-state index >= 15 is 0 Å². The lowest BCUT2D eigenvalue weighted by Gasteiger charge is -2.30. The molecule has 1 amide bonds. The Morgan fingerprint density at radius 3 is 2.62 bits per heavy atom. The van der Waals surface area contributed by atoms with Gasteiger partial charge in [-0.2, -0.15) is 10.2 Å². The molecule has 1 fully saturated rings. The van der Waals surface area contributed by atoms with Gasteiger partial charge in [0.2, 0.25) is 0 Å². The zero-order valence-corrected chi connectivity index (χ0v) is 16.4. The van der Waals surface area contributed by atoms with Crippen molar-refractivity contribution >= 4 is 17.2 Å². The first-order valence-corrected chi connectivity index (χ1v) is 9.91. The highest BCUT2D eigenvalue weighted by Gasteiger charge is 2.28. The van der Waals surface area contributed by atoms with Crippen LogP contribution in [0.1, 0.15) is 68.2 Å². The fourth-order valence-electron chi connectivity index (χ4n) is 4.01. The van der Waals surface area contributed by atoms with Crippen LogP contribution in [0.5, 0.6) is 0 Å². The van der Waals surface area contributed by atoms with E-state index in [0.717, 1.165) is 25.7 Å². The Morgan fingerprint density at radius 2 is 1.97 bits per heavy atom. The second-order valence-corrected chi connectivity index (χ2v) is 7.93. The minimum absolute atomic E-state index is 0.0287. The molecule has 4 rings (SSSR count). The molecule has 3 aromatic heterocycles. The molecule has 0 radical (unpaired) electrons. The number of halogens is 2. The summed E-state index contributed by atoms with van der Waals surface area (Å²) in [6.45, 7) is 4.44. The maximum atomic E-state index is 13.5. The number of aromatic nitrogens is 5. The van der Waals surface area contributed by atoms with Gasteiger partial charge in [0.15, 0.2) is 17.0 Å². The van der Waals surface area contributed by atoms with E-state index in [2.05, 4.69) is 34.3 Å². The second kappa shape index (κ2) is 7.88. The molecule has 1 saturated carbocycles. The lowest BCUT2D eigenvalue weighted by Crippen LogP contribution is -2.21. The third-order valence-corrected chi connectivity index (χ3v) is 5.74. The molecular weight excluding hydrogens is 378 g/mol. The number of amides is 1. The molecule has 1 aliphatic rings. The SMILES string of the molecule is CC(C)[C@H]1CC[C@H](n2cc(NC(=O)c3cc4ncccn4n3)c(C(F)F)n2)CC1. The average Bonchev–Trinajstić information content (AvgIpc) is 3.32. The van der Waals surface area contributed by atoms with Crippen molar-refractivity contribution in [2.45, 2.75) is 52.0 Å². The lowest BCUT2D eigenvalue weighted by molar-refractivity contribution is 0.102. The van der Waals surface area contributed by atoms with Gasteiger partial charge in [0.1, 0.15) is 0 Å². The molecule has 0 saturated heterocycles. The molecule has 1 N–H and O–H groups in total. The smallest absolute Gasteiger partial charge is 0.284 e. The van der Waals surface area contributed by atoms with Crippen LogP contribution in [0, 0.1) is 11.8 Å². The van der Waals surface area contributed by atoms with E-state index in [4.69, 9.17) is 0 Å². The monoisotopic (exact) mass is 402 g/mol. The molecule has 0 aliphatic heterocycles. The van der Waals surface area contributed by atoms with Crippen molar-refractivity contribution < 1.29 is 13.6 Å². The number of hydrogen-bond acceptors (Lipinski definition) is 4. The van der Waals surface area contributed by atoms with Crippen molar-refractivity contribution in [3.05, 3.63) is 42.1 Å². The molecule has 7 nitrogen and oxygen atoms in total. The van der Waals surface area contributed by atoms with Gasteiger partial charge >= 0.3 is 0 Å². The molecule has 1 aliphatic carbocycles. The van der Waals surface area contributed by atoms with Gasteiger partial charge in [-0.3, -0.25) is 9.48 Å². The molecule has 0 aromatic carbocycles. The van der Waals surface area contributed by atoms with Gasteiger partial charge in [0.25, 0.3) is 12.3 Å². The average molecular weight is 402 g/mol. The van der Waals surface area contributed by atoms with Gasteiger partial charge in [-0.1, -0.05) is 13.8 Å². The first-order valence-electron chi connectivity index (χ1n) is 9.91. The Labute approximate surface area is 167 Å². The molecular formula is C20H24F2N6O. The number of alkyl halides is 2. The maximum absolute atomic E-state index is 13.5. The molecule has 3 aromatic rings. The van der Waals surface area contributed by atoms with Crippen molar-refractivity contribution in [3.8, 4) is 0 Å². The number of nitrogens with zero attached hydrogens (tertiary/aromatic N) is 5. The predicted octanol–water partition coefficient (Wildman–Crippen LogP) is 4.50. The molecule has 29 heavy (non-hydrogen) atoms. The van der Waals surface area contributed by atoms with Gasteiger partial charge < -0.3 is 5.32 Å². The van der Waals surface area contributed by atoms with Crippen LogP contribution in [-0.4, -0.2) is 30.3 Å². The fraction of sp³-hybridized carbons (Fsp3) is 0.500. The first-order chi connectivity index (χ1) is 13.9. The van der Waals surface area contributed by atoms with Crippen LogP contribution >= 0.6 is 0 Å². The zero-order valence-electron chi connectivity index (χ0n) is 16.4. The van der Waals surface area contributed by atoms with Crippen molar-refractivity contribution in [1.29, 1.82) is 0 Å². The molecule has 9 heteroatoms. The highest BCUT2D eigenvalue weighted by Crippen LogP contribution is 2.37. The van der Waals surface area contributed by atoms with E-state index in [1.54, 1.807) is 23.1 Å². The number of nitrogens with one attached hydrogen (secondary N) is 1. The number of carbonyl (C=O) groups excluding carboxylic acids is 1. The van der Waals surface area contributed by atoms with Crippen molar-refractivity contribution in [3.63, 3.8) is 0 Å². The van der Waals surface area contributed by atoms with E-state index in [1.807, 2.05) is 0 Å². The topological polar surface area (TPSA) is 77.1 Å². The van der Waals surface area contributed by atoms with Crippen molar-refractivity contribution in [2.75, 3.05) is 5.32 Å². The Kier molecular flexibility index (Phi) is 5.29. The summed E-state index contributed by atoms with van der Waals surface area (Å²) in [6, 6.07) is 3.27. The third-order valence-electron chi connectivity index (χ3n) is 5.74. The number of rotatable bonds is 5. The normalized spacial score (nSPS) is 19.9. The van der Waals surface area contributed by atoms with E-state index in [0.29, 0.717) is 17.5 Å². The quantitative estimate of drug-likeness (QED) is 0.682. The summed E-state index contributed by atoms with van der Waals surface area (Å²) < 4.78 is 30.1. The van der Waals surface area contributed by atoms with Crippen LogP contribution in [0.25, 0.3) is 5.65 Å². The van der Waals surface area contributed by atoms with E-state index < -0.39 is 18.0 Å². The Morgan fingerprint density at radius 1 is 1.21 bits per heavy atom. The molecule has 0 atom stereocenters. The summed E-state index contributed by atoms with van der Waals surface area (Å²) in [5, 5.41) is 10.8. The number of fused-ring (bicyclic) bond motifs is 1. The Bertz CT molecular complexity index is 970. The fourth-order valence-corrected chi connectivity index (χ4v) is 4.01. The summed E-state index contributed by atoms with van der Waals surface area (Å²) in [7, 11) is 0. The van der Waals surface area contributed by atoms with Crippen LogP contribution in [0.15, 0.2) is 30.7 Å². The Balaban J connectivity index is 1.53. The second-order valence-electron chi connectivity index (χ2n) is 7.93. The van der Waals surface area contributed by atoms with Crippen LogP contribution in [0.3, 0.4) is 0 Å². The van der Waals surface area contributed by atoms with E-state index in [-0.39, 0.29) is 17.4 Å². The molecule has 0 bridgehead atoms.